The summed E-state index contributed by atoms with van der Waals surface area (Å²) in [5.74, 6) is 2.60. The van der Waals surface area contributed by atoms with Crippen LogP contribution in [0.1, 0.15) is 97.0 Å². The molecule has 2 saturated heterocycles. The van der Waals surface area contributed by atoms with E-state index in [1.807, 2.05) is 44.2 Å². The van der Waals surface area contributed by atoms with E-state index in [1.165, 1.54) is 0 Å². The molecule has 1 unspecified atom stereocenters. The molecule has 0 radical (unpaired) electrons. The fourth-order valence-electron chi connectivity index (χ4n) is 6.91. The van der Waals surface area contributed by atoms with Crippen LogP contribution in [0.25, 0.3) is 0 Å². The number of ether oxygens (including phenoxy) is 2. The maximum absolute atomic E-state index is 13.5. The van der Waals surface area contributed by atoms with Gasteiger partial charge in [-0.1, -0.05) is 58.1 Å². The van der Waals surface area contributed by atoms with Crippen LogP contribution >= 0.6 is 0 Å². The number of aliphatic hydroxyl groups excluding tert-OH is 1. The van der Waals surface area contributed by atoms with Crippen molar-refractivity contribution in [3.8, 4) is 5.75 Å². The highest BCUT2D eigenvalue weighted by molar-refractivity contribution is 5.98. The first-order chi connectivity index (χ1) is 23.7. The molecule has 0 aliphatic carbocycles. The highest BCUT2D eigenvalue weighted by atomic mass is 16.5. The Hall–Kier alpha value is -4.25. The molecular weight excluding hydrogens is 632 g/mol. The molecule has 1 aromatic rings. The number of hydrogen-bond donors (Lipinski definition) is 6. The number of amides is 2. The molecule has 0 bridgehead atoms. The van der Waals surface area contributed by atoms with Crippen molar-refractivity contribution in [1.82, 2.24) is 20.9 Å². The van der Waals surface area contributed by atoms with Crippen molar-refractivity contribution in [1.29, 1.82) is 0 Å². The topological polar surface area (TPSA) is 152 Å². The molecule has 4 rings (SSSR count). The molecule has 0 spiro atoms. The smallest absolute Gasteiger partial charge is 0.255 e. The summed E-state index contributed by atoms with van der Waals surface area (Å²) in [6.07, 6.45) is 9.95. The lowest BCUT2D eigenvalue weighted by Crippen LogP contribution is -2.92. The lowest BCUT2D eigenvalue weighted by atomic mass is 9.79. The van der Waals surface area contributed by atoms with Crippen molar-refractivity contribution in [2.45, 2.75) is 110 Å². The SMILES string of the molecule is CCCC(N)=[NH+]C1CNC(=C(C)C)N2C[C@@H](NC(=O)c3cccc4c3OCCC4(C)C)[C@@H](O)[C@]12C.C\C=C/C=C(OC)\C(=C\CC)C(=O)NC. The average Bonchev–Trinajstić information content (AvgIpc) is 3.34. The first kappa shape index (κ1) is 40.2. The van der Waals surface area contributed by atoms with Crippen LogP contribution < -0.4 is 31.4 Å². The molecular formula is C39H61N6O5+. The molecule has 7 N–H and O–H groups in total. The van der Waals surface area contributed by atoms with Crippen molar-refractivity contribution in [2.75, 3.05) is 33.9 Å². The van der Waals surface area contributed by atoms with Gasteiger partial charge >= 0.3 is 0 Å². The number of benzene rings is 1. The minimum Gasteiger partial charge on any atom is -0.496 e. The minimum absolute atomic E-state index is 0.0529. The molecule has 276 valence electrons. The van der Waals surface area contributed by atoms with Gasteiger partial charge in [0.25, 0.3) is 11.8 Å². The zero-order chi connectivity index (χ0) is 37.2. The molecule has 2 fully saturated rings. The summed E-state index contributed by atoms with van der Waals surface area (Å²) in [4.78, 5) is 30.7. The van der Waals surface area contributed by atoms with E-state index in [0.717, 1.165) is 48.5 Å². The van der Waals surface area contributed by atoms with E-state index in [0.29, 0.717) is 42.3 Å². The number of hydrogen-bond acceptors (Lipinski definition) is 7. The van der Waals surface area contributed by atoms with Gasteiger partial charge in [-0.3, -0.25) is 20.3 Å². The van der Waals surface area contributed by atoms with Gasteiger partial charge < -0.3 is 35.4 Å². The number of aliphatic hydroxyl groups is 1. The first-order valence-electron chi connectivity index (χ1n) is 17.8. The van der Waals surface area contributed by atoms with Gasteiger partial charge in [0.1, 0.15) is 35.0 Å². The summed E-state index contributed by atoms with van der Waals surface area (Å²) >= 11 is 0. The van der Waals surface area contributed by atoms with Gasteiger partial charge in [0.05, 0.1) is 37.4 Å². The molecule has 50 heavy (non-hydrogen) atoms. The van der Waals surface area contributed by atoms with Gasteiger partial charge in [-0.2, -0.15) is 0 Å². The third-order valence-electron chi connectivity index (χ3n) is 9.83. The number of amidine groups is 1. The number of methoxy groups -OCH3 is 1. The summed E-state index contributed by atoms with van der Waals surface area (Å²) in [6.45, 7) is 18.2. The molecule has 0 aromatic heterocycles. The van der Waals surface area contributed by atoms with Gasteiger partial charge in [-0.25, -0.2) is 0 Å². The maximum Gasteiger partial charge on any atom is 0.255 e. The number of nitrogens with one attached hydrogen (secondary N) is 4. The lowest BCUT2D eigenvalue weighted by molar-refractivity contribution is -0.525. The Balaban J connectivity index is 0.000000381. The normalized spacial score (nSPS) is 24.6. The van der Waals surface area contributed by atoms with Crippen LogP contribution in [-0.4, -0.2) is 85.2 Å². The van der Waals surface area contributed by atoms with Gasteiger partial charge in [0, 0.05) is 25.6 Å². The van der Waals surface area contributed by atoms with Crippen LogP contribution in [0, 0.1) is 0 Å². The van der Waals surface area contributed by atoms with Crippen LogP contribution in [-0.2, 0) is 14.9 Å². The molecule has 4 atom stereocenters. The highest BCUT2D eigenvalue weighted by Crippen LogP contribution is 2.41. The Kier molecular flexibility index (Phi) is 14.1. The second kappa shape index (κ2) is 17.6. The minimum atomic E-state index is -0.799. The number of carbonyl (C=O) groups is 2. The van der Waals surface area contributed by atoms with E-state index in [9.17, 15) is 14.7 Å². The van der Waals surface area contributed by atoms with Gasteiger partial charge in [0.2, 0.25) is 5.84 Å². The molecule has 1 aromatic carbocycles. The molecule has 0 saturated carbocycles. The van der Waals surface area contributed by atoms with E-state index in [-0.39, 0.29) is 23.3 Å². The van der Waals surface area contributed by atoms with Crippen molar-refractivity contribution in [3.63, 3.8) is 0 Å². The second-order valence-electron chi connectivity index (χ2n) is 14.1. The number of nitrogens with zero attached hydrogens (tertiary/aromatic N) is 1. The average molecular weight is 694 g/mol. The predicted octanol–water partition coefficient (Wildman–Crippen LogP) is 2.92. The molecule has 2 amide bonds. The summed E-state index contributed by atoms with van der Waals surface area (Å²) in [5.41, 5.74) is 8.83. The maximum atomic E-state index is 13.5. The Morgan fingerprint density at radius 3 is 2.56 bits per heavy atom. The van der Waals surface area contributed by atoms with Gasteiger partial charge in [-0.05, 0) is 70.1 Å². The quantitative estimate of drug-likeness (QED) is 0.0720. The number of likely N-dealkylation sites (N-methyl/N-ethyl adjacent to an activating group) is 1. The van der Waals surface area contributed by atoms with E-state index < -0.39 is 17.7 Å². The molecule has 3 aliphatic heterocycles. The third kappa shape index (κ3) is 8.72. The summed E-state index contributed by atoms with van der Waals surface area (Å²) in [6, 6.07) is 5.18. The third-order valence-corrected chi connectivity index (χ3v) is 9.83. The summed E-state index contributed by atoms with van der Waals surface area (Å²) in [7, 11) is 3.16. The number of carbonyl (C=O) groups excluding carboxylic acids is 2. The van der Waals surface area contributed by atoms with Gasteiger partial charge in [0.15, 0.2) is 0 Å². The zero-order valence-electron chi connectivity index (χ0n) is 31.8. The largest absolute Gasteiger partial charge is 0.496 e. The zero-order valence-corrected chi connectivity index (χ0v) is 31.8. The number of nitrogens with two attached hydrogens (primary N) is 1. The molecule has 3 aliphatic rings. The Morgan fingerprint density at radius 1 is 1.24 bits per heavy atom. The van der Waals surface area contributed by atoms with Crippen molar-refractivity contribution >= 4 is 17.6 Å². The van der Waals surface area contributed by atoms with E-state index in [2.05, 4.69) is 67.4 Å². The number of para-hydroxylation sites is 1. The Labute approximate surface area is 299 Å². The van der Waals surface area contributed by atoms with Crippen molar-refractivity contribution < 1.29 is 29.2 Å². The van der Waals surface area contributed by atoms with E-state index in [4.69, 9.17) is 15.2 Å². The van der Waals surface area contributed by atoms with Crippen molar-refractivity contribution in [3.05, 3.63) is 76.4 Å². The van der Waals surface area contributed by atoms with E-state index in [1.54, 1.807) is 26.3 Å². The van der Waals surface area contributed by atoms with Gasteiger partial charge in [-0.15, -0.1) is 0 Å². The standard InChI is InChI=1S/C27H41N5O3.C12H19NO2/c1-7-9-21(28)31-20-14-29-24(16(2)3)32-15-19(23(33)27(20,32)6)30-25(34)17-10-8-11-18-22(17)35-13-12-26(18,4)5;1-5-7-9-11(15-4)10(8-6-2)12(14)13-3/h8,10-11,19-20,23,29,33H,7,9,12-15H2,1-6H3,(H2,28,31)(H,30,34);5,7-9H,6H2,1-4H3,(H,13,14)/p+1/b;7-5-,10-8-,11-9+/t19-,20?,23-,27+;/m1./s1. The Bertz CT molecular complexity index is 1520. The number of rotatable bonds is 10. The van der Waals surface area contributed by atoms with Crippen molar-refractivity contribution in [2.24, 2.45) is 5.73 Å². The number of allylic oxidation sites excluding steroid dienone is 5. The van der Waals surface area contributed by atoms with Crippen LogP contribution in [0.15, 0.2) is 65.2 Å². The summed E-state index contributed by atoms with van der Waals surface area (Å²) < 4.78 is 11.1. The summed E-state index contributed by atoms with van der Waals surface area (Å²) in [5, 5.41) is 20.9. The molecule has 11 nitrogen and oxygen atoms in total. The predicted molar refractivity (Wildman–Crippen MR) is 200 cm³/mol. The second-order valence-corrected chi connectivity index (χ2v) is 14.1. The lowest BCUT2D eigenvalue weighted by Gasteiger charge is -2.47. The van der Waals surface area contributed by atoms with Crippen LogP contribution in [0.2, 0.25) is 0 Å². The fraction of sp³-hybridized carbons (Fsp3) is 0.564. The van der Waals surface area contributed by atoms with Crippen LogP contribution in [0.4, 0.5) is 0 Å². The fourth-order valence-corrected chi connectivity index (χ4v) is 6.91. The van der Waals surface area contributed by atoms with Crippen LogP contribution in [0.5, 0.6) is 5.75 Å². The van der Waals surface area contributed by atoms with E-state index >= 15 is 0 Å². The number of fused-ring (bicyclic) bond motifs is 2. The first-order valence-corrected chi connectivity index (χ1v) is 17.8. The highest BCUT2D eigenvalue weighted by Gasteiger charge is 2.59. The molecule has 11 heteroatoms. The van der Waals surface area contributed by atoms with Crippen LogP contribution in [0.3, 0.4) is 0 Å². The monoisotopic (exact) mass is 693 g/mol. The molecule has 3 heterocycles. The Morgan fingerprint density at radius 2 is 1.96 bits per heavy atom.